The summed E-state index contributed by atoms with van der Waals surface area (Å²) in [6, 6.07) is 3.58. The number of carboxylic acid groups (broad SMARTS) is 1. The van der Waals surface area contributed by atoms with Crippen LogP contribution in [0.25, 0.3) is 10.9 Å². The lowest BCUT2D eigenvalue weighted by Crippen LogP contribution is -2.43. The predicted molar refractivity (Wildman–Crippen MR) is 92.2 cm³/mol. The number of benzene rings is 1. The quantitative estimate of drug-likeness (QED) is 0.886. The lowest BCUT2D eigenvalue weighted by molar-refractivity contribution is 0.0697. The number of rotatable bonds is 5. The Bertz CT molecular complexity index is 715. The minimum Gasteiger partial charge on any atom is -0.478 e. The molecule has 1 saturated heterocycles. The smallest absolute Gasteiger partial charge is 0.335 e. The molecule has 1 aliphatic heterocycles. The van der Waals surface area contributed by atoms with Crippen molar-refractivity contribution in [2.75, 3.05) is 32.7 Å². The summed E-state index contributed by atoms with van der Waals surface area (Å²) in [7, 11) is 2.04. The topological polar surface area (TPSA) is 57.5 Å². The molecular formula is C18H25N3O2. The first-order valence-electron chi connectivity index (χ1n) is 8.31. The molecule has 1 aromatic carbocycles. The van der Waals surface area contributed by atoms with E-state index >= 15 is 0 Å². The summed E-state index contributed by atoms with van der Waals surface area (Å²) in [6.07, 6.45) is 4.25. The van der Waals surface area contributed by atoms with Crippen LogP contribution in [0, 0.1) is 6.92 Å². The molecule has 1 fully saturated rings. The van der Waals surface area contributed by atoms with E-state index in [-0.39, 0.29) is 0 Å². The van der Waals surface area contributed by atoms with Crippen LogP contribution < -0.4 is 5.32 Å². The first-order valence-corrected chi connectivity index (χ1v) is 8.31. The minimum atomic E-state index is -0.856. The monoisotopic (exact) mass is 315 g/mol. The number of nitrogens with zero attached hydrogens (tertiary/aromatic N) is 2. The van der Waals surface area contributed by atoms with Crippen LogP contribution in [0.5, 0.6) is 0 Å². The van der Waals surface area contributed by atoms with Crippen molar-refractivity contribution < 1.29 is 9.90 Å². The molecule has 0 saturated carbocycles. The highest BCUT2D eigenvalue weighted by Gasteiger charge is 2.14. The molecule has 0 bridgehead atoms. The number of carboxylic acids is 1. The van der Waals surface area contributed by atoms with Crippen LogP contribution >= 0.6 is 0 Å². The van der Waals surface area contributed by atoms with Gasteiger partial charge in [0.05, 0.1) is 11.1 Å². The first kappa shape index (κ1) is 16.0. The second kappa shape index (κ2) is 6.72. The Morgan fingerprint density at radius 3 is 2.74 bits per heavy atom. The van der Waals surface area contributed by atoms with Crippen LogP contribution in [0.15, 0.2) is 18.3 Å². The van der Waals surface area contributed by atoms with Gasteiger partial charge in [-0.15, -0.1) is 0 Å². The van der Waals surface area contributed by atoms with E-state index in [9.17, 15) is 9.90 Å². The lowest BCUT2D eigenvalue weighted by Gasteiger charge is -2.26. The molecular weight excluding hydrogens is 290 g/mol. The van der Waals surface area contributed by atoms with Crippen molar-refractivity contribution in [1.82, 2.24) is 14.8 Å². The van der Waals surface area contributed by atoms with E-state index in [0.29, 0.717) is 5.56 Å². The third kappa shape index (κ3) is 3.41. The molecule has 124 valence electrons. The summed E-state index contributed by atoms with van der Waals surface area (Å²) in [5.41, 5.74) is 3.80. The zero-order valence-corrected chi connectivity index (χ0v) is 13.9. The number of piperazine rings is 1. The molecule has 5 nitrogen and oxygen atoms in total. The molecule has 0 unspecified atom stereocenters. The summed E-state index contributed by atoms with van der Waals surface area (Å²) in [5.74, 6) is -0.856. The minimum absolute atomic E-state index is 0.379. The molecule has 0 aliphatic carbocycles. The highest BCUT2D eigenvalue weighted by molar-refractivity contribution is 5.96. The van der Waals surface area contributed by atoms with Gasteiger partial charge in [0.25, 0.3) is 0 Å². The average molecular weight is 315 g/mol. The van der Waals surface area contributed by atoms with Crippen LogP contribution in [0.2, 0.25) is 0 Å². The lowest BCUT2D eigenvalue weighted by atomic mass is 10.0. The van der Waals surface area contributed by atoms with Gasteiger partial charge in [-0.1, -0.05) is 0 Å². The highest BCUT2D eigenvalue weighted by atomic mass is 16.4. The van der Waals surface area contributed by atoms with Gasteiger partial charge in [0.1, 0.15) is 0 Å². The molecule has 3 rings (SSSR count). The first-order chi connectivity index (χ1) is 11.1. The van der Waals surface area contributed by atoms with Crippen LogP contribution in [0.4, 0.5) is 0 Å². The van der Waals surface area contributed by atoms with E-state index in [0.717, 1.165) is 62.0 Å². The van der Waals surface area contributed by atoms with Crippen LogP contribution in [0.3, 0.4) is 0 Å². The van der Waals surface area contributed by atoms with Crippen molar-refractivity contribution in [3.63, 3.8) is 0 Å². The van der Waals surface area contributed by atoms with E-state index in [1.807, 2.05) is 20.0 Å². The number of carbonyl (C=O) groups is 1. The van der Waals surface area contributed by atoms with Gasteiger partial charge in [0.15, 0.2) is 0 Å². The van der Waals surface area contributed by atoms with E-state index in [4.69, 9.17) is 0 Å². The zero-order valence-electron chi connectivity index (χ0n) is 13.9. The van der Waals surface area contributed by atoms with Crippen molar-refractivity contribution in [3.8, 4) is 0 Å². The SMILES string of the molecule is Cc1cc(C(=O)O)cc2c(CCCN3CCNCC3)cn(C)c12. The van der Waals surface area contributed by atoms with Gasteiger partial charge in [0.2, 0.25) is 0 Å². The Hall–Kier alpha value is -1.85. The number of fused-ring (bicyclic) bond motifs is 1. The molecule has 23 heavy (non-hydrogen) atoms. The van der Waals surface area contributed by atoms with Gasteiger partial charge >= 0.3 is 5.97 Å². The van der Waals surface area contributed by atoms with Gasteiger partial charge < -0.3 is 19.9 Å². The molecule has 0 radical (unpaired) electrons. The number of aromatic nitrogens is 1. The van der Waals surface area contributed by atoms with Gasteiger partial charge in [-0.05, 0) is 49.6 Å². The fourth-order valence-electron chi connectivity index (χ4n) is 3.61. The highest BCUT2D eigenvalue weighted by Crippen LogP contribution is 2.26. The van der Waals surface area contributed by atoms with Gasteiger partial charge in [0, 0.05) is 44.8 Å². The van der Waals surface area contributed by atoms with E-state index in [2.05, 4.69) is 21.0 Å². The van der Waals surface area contributed by atoms with Crippen LogP contribution in [0.1, 0.15) is 27.9 Å². The fraction of sp³-hybridized carbons (Fsp3) is 0.500. The molecule has 1 aliphatic rings. The third-order valence-corrected chi connectivity index (χ3v) is 4.73. The summed E-state index contributed by atoms with van der Waals surface area (Å²) < 4.78 is 2.12. The fourth-order valence-corrected chi connectivity index (χ4v) is 3.61. The van der Waals surface area contributed by atoms with Gasteiger partial charge in [-0.2, -0.15) is 0 Å². The number of hydrogen-bond acceptors (Lipinski definition) is 3. The van der Waals surface area contributed by atoms with Crippen molar-refractivity contribution in [3.05, 3.63) is 35.0 Å². The standard InChI is InChI=1S/C18H25N3O2/c1-13-10-15(18(22)23)11-16-14(12-20(2)17(13)16)4-3-7-21-8-5-19-6-9-21/h10-12,19H,3-9H2,1-2H3,(H,22,23). The Morgan fingerprint density at radius 1 is 1.30 bits per heavy atom. The Balaban J connectivity index is 1.78. The summed E-state index contributed by atoms with van der Waals surface area (Å²) in [6.45, 7) is 7.50. The zero-order chi connectivity index (χ0) is 16.4. The molecule has 0 spiro atoms. The maximum atomic E-state index is 11.3. The maximum absolute atomic E-state index is 11.3. The molecule has 2 N–H and O–H groups in total. The Kier molecular flexibility index (Phi) is 4.68. The van der Waals surface area contributed by atoms with Crippen molar-refractivity contribution in [1.29, 1.82) is 0 Å². The molecule has 2 aromatic rings. The summed E-state index contributed by atoms with van der Waals surface area (Å²) in [4.78, 5) is 13.8. The number of aryl methyl sites for hydroxylation is 3. The number of hydrogen-bond donors (Lipinski definition) is 2. The molecule has 2 heterocycles. The molecule has 0 amide bonds. The number of aromatic carboxylic acids is 1. The van der Waals surface area contributed by atoms with Crippen LogP contribution in [-0.4, -0.2) is 53.3 Å². The second-order valence-electron chi connectivity index (χ2n) is 6.45. The van der Waals surface area contributed by atoms with Gasteiger partial charge in [-0.25, -0.2) is 4.79 Å². The molecule has 5 heteroatoms. The average Bonchev–Trinajstić information content (AvgIpc) is 2.85. The van der Waals surface area contributed by atoms with Crippen LogP contribution in [-0.2, 0) is 13.5 Å². The second-order valence-corrected chi connectivity index (χ2v) is 6.45. The van der Waals surface area contributed by atoms with Crippen molar-refractivity contribution >= 4 is 16.9 Å². The Labute approximate surface area is 136 Å². The molecule has 0 atom stereocenters. The van der Waals surface area contributed by atoms with Crippen molar-refractivity contribution in [2.24, 2.45) is 7.05 Å². The third-order valence-electron chi connectivity index (χ3n) is 4.73. The normalized spacial score (nSPS) is 16.1. The largest absolute Gasteiger partial charge is 0.478 e. The summed E-state index contributed by atoms with van der Waals surface area (Å²) >= 11 is 0. The number of nitrogens with one attached hydrogen (secondary N) is 1. The Morgan fingerprint density at radius 2 is 2.04 bits per heavy atom. The van der Waals surface area contributed by atoms with Gasteiger partial charge in [-0.3, -0.25) is 0 Å². The maximum Gasteiger partial charge on any atom is 0.335 e. The van der Waals surface area contributed by atoms with Crippen molar-refractivity contribution in [2.45, 2.75) is 19.8 Å². The van der Waals surface area contributed by atoms with E-state index in [1.165, 1.54) is 5.56 Å². The molecule has 1 aromatic heterocycles. The summed E-state index contributed by atoms with van der Waals surface area (Å²) in [5, 5.41) is 13.8. The van der Waals surface area contributed by atoms with E-state index in [1.54, 1.807) is 6.07 Å². The predicted octanol–water partition coefficient (Wildman–Crippen LogP) is 2.02. The van der Waals surface area contributed by atoms with E-state index < -0.39 is 5.97 Å².